The van der Waals surface area contributed by atoms with Crippen LogP contribution in [0.15, 0.2) is 12.2 Å². The SMILES string of the molecule is CC(=O)O[C@@H](CC(N)=O)[C@H](C)C/C=C/CBr. The first-order chi connectivity index (χ1) is 7.47. The smallest absolute Gasteiger partial charge is 0.302 e. The number of esters is 1. The third-order valence-electron chi connectivity index (χ3n) is 2.12. The number of hydrogen-bond donors (Lipinski definition) is 1. The Kier molecular flexibility index (Phi) is 7.89. The standard InChI is InChI=1S/C11H18BrNO3/c1-8(5-3-4-6-12)10(7-11(13)15)16-9(2)14/h3-4,8,10H,5-7H2,1-2H3,(H2,13,15)/b4-3+/t8-,10+/m1/s1. The van der Waals surface area contributed by atoms with Crippen LogP contribution in [0, 0.1) is 5.92 Å². The fourth-order valence-electron chi connectivity index (χ4n) is 1.30. The molecule has 0 unspecified atom stereocenters. The summed E-state index contributed by atoms with van der Waals surface area (Å²) in [6.45, 7) is 3.25. The van der Waals surface area contributed by atoms with Gasteiger partial charge in [0, 0.05) is 12.3 Å². The van der Waals surface area contributed by atoms with E-state index < -0.39 is 12.0 Å². The second-order valence-electron chi connectivity index (χ2n) is 3.66. The summed E-state index contributed by atoms with van der Waals surface area (Å²) in [5, 5.41) is 0.785. The maximum atomic E-state index is 10.9. The number of nitrogens with two attached hydrogens (primary N) is 1. The van der Waals surface area contributed by atoms with Crippen molar-refractivity contribution < 1.29 is 14.3 Å². The number of alkyl halides is 1. The average molecular weight is 292 g/mol. The highest BCUT2D eigenvalue weighted by Crippen LogP contribution is 2.16. The van der Waals surface area contributed by atoms with E-state index in [4.69, 9.17) is 10.5 Å². The van der Waals surface area contributed by atoms with Crippen molar-refractivity contribution in [1.82, 2.24) is 0 Å². The molecule has 0 radical (unpaired) electrons. The van der Waals surface area contributed by atoms with Crippen LogP contribution >= 0.6 is 15.9 Å². The Hall–Kier alpha value is -0.840. The molecule has 5 heteroatoms. The van der Waals surface area contributed by atoms with Crippen molar-refractivity contribution in [3.63, 3.8) is 0 Å². The van der Waals surface area contributed by atoms with E-state index in [1.54, 1.807) is 0 Å². The zero-order valence-electron chi connectivity index (χ0n) is 9.61. The number of rotatable bonds is 7. The molecule has 0 aromatic rings. The van der Waals surface area contributed by atoms with Crippen molar-refractivity contribution in [2.75, 3.05) is 5.33 Å². The van der Waals surface area contributed by atoms with Crippen LogP contribution in [0.5, 0.6) is 0 Å². The average Bonchev–Trinajstić information content (AvgIpc) is 2.15. The fraction of sp³-hybridized carbons (Fsp3) is 0.636. The van der Waals surface area contributed by atoms with E-state index in [-0.39, 0.29) is 18.3 Å². The topological polar surface area (TPSA) is 69.4 Å². The lowest BCUT2D eigenvalue weighted by Crippen LogP contribution is -2.29. The molecule has 0 aromatic carbocycles. The Morgan fingerprint density at radius 1 is 1.44 bits per heavy atom. The molecule has 0 aliphatic carbocycles. The molecule has 0 rings (SSSR count). The molecule has 0 fully saturated rings. The molecule has 16 heavy (non-hydrogen) atoms. The third-order valence-corrected chi connectivity index (χ3v) is 2.49. The van der Waals surface area contributed by atoms with E-state index in [1.807, 2.05) is 19.1 Å². The Labute approximate surface area is 104 Å². The van der Waals surface area contributed by atoms with Crippen molar-refractivity contribution in [1.29, 1.82) is 0 Å². The second kappa shape index (κ2) is 8.33. The maximum Gasteiger partial charge on any atom is 0.302 e. The summed E-state index contributed by atoms with van der Waals surface area (Å²) in [7, 11) is 0. The molecule has 0 bridgehead atoms. The molecular weight excluding hydrogens is 274 g/mol. The molecule has 0 aliphatic heterocycles. The molecule has 1 amide bonds. The largest absolute Gasteiger partial charge is 0.462 e. The van der Waals surface area contributed by atoms with Crippen LogP contribution in [-0.2, 0) is 14.3 Å². The van der Waals surface area contributed by atoms with Crippen LogP contribution in [0.3, 0.4) is 0 Å². The van der Waals surface area contributed by atoms with Crippen LogP contribution in [0.25, 0.3) is 0 Å². The molecule has 0 heterocycles. The number of primary amides is 1. The molecule has 2 N–H and O–H groups in total. The van der Waals surface area contributed by atoms with Gasteiger partial charge in [-0.1, -0.05) is 35.0 Å². The Morgan fingerprint density at radius 2 is 2.06 bits per heavy atom. The van der Waals surface area contributed by atoms with Gasteiger partial charge in [0.25, 0.3) is 0 Å². The summed E-state index contributed by atoms with van der Waals surface area (Å²) >= 11 is 3.27. The van der Waals surface area contributed by atoms with Gasteiger partial charge < -0.3 is 10.5 Å². The van der Waals surface area contributed by atoms with E-state index in [1.165, 1.54) is 6.92 Å². The minimum Gasteiger partial charge on any atom is -0.462 e. The summed E-state index contributed by atoms with van der Waals surface area (Å²) in [4.78, 5) is 21.7. The molecule has 0 spiro atoms. The summed E-state index contributed by atoms with van der Waals surface area (Å²) < 4.78 is 5.07. The highest BCUT2D eigenvalue weighted by Gasteiger charge is 2.21. The van der Waals surface area contributed by atoms with Crippen molar-refractivity contribution >= 4 is 27.8 Å². The van der Waals surface area contributed by atoms with Gasteiger partial charge in [-0.3, -0.25) is 9.59 Å². The first-order valence-corrected chi connectivity index (χ1v) is 6.26. The van der Waals surface area contributed by atoms with Crippen LogP contribution in [0.1, 0.15) is 26.7 Å². The molecule has 92 valence electrons. The number of allylic oxidation sites excluding steroid dienone is 2. The first-order valence-electron chi connectivity index (χ1n) is 5.13. The minimum absolute atomic E-state index is 0.0723. The highest BCUT2D eigenvalue weighted by molar-refractivity contribution is 9.09. The maximum absolute atomic E-state index is 10.9. The molecule has 0 aliphatic rings. The first kappa shape index (κ1) is 15.2. The summed E-state index contributed by atoms with van der Waals surface area (Å²) in [5.41, 5.74) is 5.11. The van der Waals surface area contributed by atoms with Gasteiger partial charge in [0.15, 0.2) is 0 Å². The van der Waals surface area contributed by atoms with Gasteiger partial charge >= 0.3 is 5.97 Å². The van der Waals surface area contributed by atoms with Gasteiger partial charge in [-0.2, -0.15) is 0 Å². The van der Waals surface area contributed by atoms with E-state index in [2.05, 4.69) is 15.9 Å². The summed E-state index contributed by atoms with van der Waals surface area (Å²) in [6.07, 6.45) is 4.33. The van der Waals surface area contributed by atoms with E-state index in [9.17, 15) is 9.59 Å². The molecule has 0 saturated heterocycles. The number of ether oxygens (including phenoxy) is 1. The van der Waals surface area contributed by atoms with Crippen molar-refractivity contribution in [3.8, 4) is 0 Å². The predicted octanol–water partition coefficient (Wildman–Crippen LogP) is 1.77. The lowest BCUT2D eigenvalue weighted by Gasteiger charge is -2.21. The van der Waals surface area contributed by atoms with Gasteiger partial charge in [-0.05, 0) is 12.3 Å². The summed E-state index contributed by atoms with van der Waals surface area (Å²) in [6, 6.07) is 0. The lowest BCUT2D eigenvalue weighted by molar-refractivity contribution is -0.150. The Bertz CT molecular complexity index is 250. The number of halogens is 1. The van der Waals surface area contributed by atoms with E-state index in [0.717, 1.165) is 11.8 Å². The Morgan fingerprint density at radius 3 is 2.50 bits per heavy atom. The summed E-state index contributed by atoms with van der Waals surface area (Å²) in [5.74, 6) is -0.767. The number of amides is 1. The zero-order chi connectivity index (χ0) is 12.6. The monoisotopic (exact) mass is 291 g/mol. The number of hydrogen-bond acceptors (Lipinski definition) is 3. The van der Waals surface area contributed by atoms with Crippen LogP contribution < -0.4 is 5.73 Å². The molecule has 4 nitrogen and oxygen atoms in total. The van der Waals surface area contributed by atoms with Gasteiger partial charge in [-0.25, -0.2) is 0 Å². The van der Waals surface area contributed by atoms with E-state index >= 15 is 0 Å². The number of carbonyl (C=O) groups is 2. The van der Waals surface area contributed by atoms with Gasteiger partial charge in [0.05, 0.1) is 6.42 Å². The predicted molar refractivity (Wildman–Crippen MR) is 66.1 cm³/mol. The Balaban J connectivity index is 4.30. The highest BCUT2D eigenvalue weighted by atomic mass is 79.9. The zero-order valence-corrected chi connectivity index (χ0v) is 11.2. The fourth-order valence-corrected chi connectivity index (χ4v) is 1.56. The second-order valence-corrected chi connectivity index (χ2v) is 4.30. The van der Waals surface area contributed by atoms with Crippen LogP contribution in [-0.4, -0.2) is 23.3 Å². The van der Waals surface area contributed by atoms with Crippen LogP contribution in [0.2, 0.25) is 0 Å². The van der Waals surface area contributed by atoms with Gasteiger partial charge in [-0.15, -0.1) is 0 Å². The number of carbonyl (C=O) groups excluding carboxylic acids is 2. The lowest BCUT2D eigenvalue weighted by atomic mass is 9.97. The van der Waals surface area contributed by atoms with Crippen LogP contribution in [0.4, 0.5) is 0 Å². The van der Waals surface area contributed by atoms with E-state index in [0.29, 0.717) is 0 Å². The third kappa shape index (κ3) is 7.45. The molecule has 2 atom stereocenters. The normalized spacial score (nSPS) is 14.7. The van der Waals surface area contributed by atoms with Crippen molar-refractivity contribution in [3.05, 3.63) is 12.2 Å². The van der Waals surface area contributed by atoms with Gasteiger partial charge in [0.1, 0.15) is 6.10 Å². The van der Waals surface area contributed by atoms with Gasteiger partial charge in [0.2, 0.25) is 5.91 Å². The van der Waals surface area contributed by atoms with Crippen molar-refractivity contribution in [2.45, 2.75) is 32.8 Å². The quantitative estimate of drug-likeness (QED) is 0.441. The van der Waals surface area contributed by atoms with Crippen molar-refractivity contribution in [2.24, 2.45) is 11.7 Å². The molecular formula is C11H18BrNO3. The minimum atomic E-state index is -0.456. The molecule has 0 saturated carbocycles. The molecule has 0 aromatic heterocycles.